The zero-order chi connectivity index (χ0) is 21.3. The molecular weight excluding hydrogens is 362 g/mol. The molecular formula is C24H27N3O2. The highest BCUT2D eigenvalue weighted by atomic mass is 16.6. The van der Waals surface area contributed by atoms with Gasteiger partial charge in [-0.1, -0.05) is 41.5 Å². The minimum Gasteiger partial charge on any atom is -0.349 e. The van der Waals surface area contributed by atoms with Crippen LogP contribution in [0.25, 0.3) is 0 Å². The second-order valence-corrected chi connectivity index (χ2v) is 7.76. The van der Waals surface area contributed by atoms with Crippen molar-refractivity contribution in [2.75, 3.05) is 10.6 Å². The van der Waals surface area contributed by atoms with Crippen molar-refractivity contribution >= 4 is 28.4 Å². The summed E-state index contributed by atoms with van der Waals surface area (Å²) in [6.45, 7) is 12.1. The highest BCUT2D eigenvalue weighted by molar-refractivity contribution is 5.84. The average molecular weight is 389 g/mol. The van der Waals surface area contributed by atoms with E-state index in [1.807, 2.05) is 47.6 Å². The average Bonchev–Trinajstić information content (AvgIpc) is 2.60. The predicted octanol–water partition coefficient (Wildman–Crippen LogP) is 6.93. The van der Waals surface area contributed by atoms with Crippen molar-refractivity contribution in [1.29, 1.82) is 0 Å². The van der Waals surface area contributed by atoms with Gasteiger partial charge in [-0.25, -0.2) is 0 Å². The molecule has 3 aromatic carbocycles. The molecule has 0 atom stereocenters. The Morgan fingerprint density at radius 2 is 1.03 bits per heavy atom. The van der Waals surface area contributed by atoms with E-state index < -0.39 is 0 Å². The van der Waals surface area contributed by atoms with E-state index in [2.05, 4.69) is 34.9 Å². The van der Waals surface area contributed by atoms with Crippen molar-refractivity contribution in [3.63, 3.8) is 0 Å². The number of aryl methyl sites for hydroxylation is 6. The summed E-state index contributed by atoms with van der Waals surface area (Å²) in [7, 11) is 0. The number of anilines is 4. The van der Waals surface area contributed by atoms with Gasteiger partial charge in [-0.2, -0.15) is 0 Å². The maximum atomic E-state index is 12.0. The van der Waals surface area contributed by atoms with Crippen LogP contribution in [-0.2, 0) is 0 Å². The van der Waals surface area contributed by atoms with Crippen molar-refractivity contribution in [2.45, 2.75) is 41.5 Å². The van der Waals surface area contributed by atoms with Crippen LogP contribution in [-0.4, -0.2) is 4.92 Å². The normalized spacial score (nSPS) is 10.7. The maximum Gasteiger partial charge on any atom is 0.315 e. The third-order valence-electron chi connectivity index (χ3n) is 5.09. The van der Waals surface area contributed by atoms with E-state index in [4.69, 9.17) is 0 Å². The van der Waals surface area contributed by atoms with Crippen LogP contribution in [0.15, 0.2) is 42.5 Å². The van der Waals surface area contributed by atoms with Crippen molar-refractivity contribution in [1.82, 2.24) is 0 Å². The first-order chi connectivity index (χ1) is 13.7. The third-order valence-corrected chi connectivity index (χ3v) is 5.09. The first-order valence-corrected chi connectivity index (χ1v) is 9.64. The standard InChI is InChI=1S/C24H27N3O2/c1-14-10-16(3)22(17(4)11-14)25-20-8-7-9-21(24(20)27(28)29)26-23-18(5)12-15(2)13-19(23)6/h7-13,25-26H,1-6H3. The second-order valence-electron chi connectivity index (χ2n) is 7.76. The fourth-order valence-corrected chi connectivity index (χ4v) is 3.97. The van der Waals surface area contributed by atoms with Crippen LogP contribution in [0, 0.1) is 51.7 Å². The van der Waals surface area contributed by atoms with E-state index in [1.165, 1.54) is 11.1 Å². The molecule has 0 aliphatic rings. The molecule has 0 radical (unpaired) electrons. The number of rotatable bonds is 5. The zero-order valence-corrected chi connectivity index (χ0v) is 17.8. The van der Waals surface area contributed by atoms with Crippen LogP contribution in [0.4, 0.5) is 28.4 Å². The Morgan fingerprint density at radius 1 is 0.690 bits per heavy atom. The number of para-hydroxylation sites is 1. The first-order valence-electron chi connectivity index (χ1n) is 9.64. The van der Waals surface area contributed by atoms with Crippen molar-refractivity contribution in [2.24, 2.45) is 0 Å². The van der Waals surface area contributed by atoms with Crippen molar-refractivity contribution in [3.05, 3.63) is 86.0 Å². The van der Waals surface area contributed by atoms with E-state index in [0.29, 0.717) is 11.4 Å². The summed E-state index contributed by atoms with van der Waals surface area (Å²) in [5, 5.41) is 18.6. The lowest BCUT2D eigenvalue weighted by Crippen LogP contribution is -2.05. The van der Waals surface area contributed by atoms with Crippen LogP contribution in [0.2, 0.25) is 0 Å². The fourth-order valence-electron chi connectivity index (χ4n) is 3.97. The Kier molecular flexibility index (Phi) is 5.59. The lowest BCUT2D eigenvalue weighted by molar-refractivity contribution is -0.383. The SMILES string of the molecule is Cc1cc(C)c(Nc2cccc(Nc3c(C)cc(C)cc3C)c2[N+](=O)[O-])c(C)c1. The van der Waals surface area contributed by atoms with Crippen LogP contribution >= 0.6 is 0 Å². The van der Waals surface area contributed by atoms with Gasteiger partial charge >= 0.3 is 5.69 Å². The van der Waals surface area contributed by atoms with E-state index in [9.17, 15) is 10.1 Å². The molecule has 0 fully saturated rings. The minimum atomic E-state index is -0.331. The highest BCUT2D eigenvalue weighted by Crippen LogP contribution is 2.39. The van der Waals surface area contributed by atoms with Gasteiger partial charge in [-0.3, -0.25) is 10.1 Å². The molecule has 0 saturated carbocycles. The Bertz CT molecular complexity index is 980. The molecule has 0 saturated heterocycles. The Morgan fingerprint density at radius 3 is 1.34 bits per heavy atom. The summed E-state index contributed by atoms with van der Waals surface area (Å²) < 4.78 is 0. The molecule has 3 rings (SSSR count). The molecule has 0 aromatic heterocycles. The van der Waals surface area contributed by atoms with E-state index >= 15 is 0 Å². The smallest absolute Gasteiger partial charge is 0.315 e. The number of nitrogens with one attached hydrogen (secondary N) is 2. The number of hydrogen-bond donors (Lipinski definition) is 2. The molecule has 0 spiro atoms. The van der Waals surface area contributed by atoms with Gasteiger partial charge in [-0.15, -0.1) is 0 Å². The first kappa shape index (κ1) is 20.4. The van der Waals surface area contributed by atoms with Crippen LogP contribution in [0.5, 0.6) is 0 Å². The summed E-state index contributed by atoms with van der Waals surface area (Å²) in [5.74, 6) is 0. The summed E-state index contributed by atoms with van der Waals surface area (Å²) in [5.41, 5.74) is 9.33. The van der Waals surface area contributed by atoms with Gasteiger partial charge in [0, 0.05) is 11.4 Å². The molecule has 5 heteroatoms. The van der Waals surface area contributed by atoms with Crippen LogP contribution < -0.4 is 10.6 Å². The van der Waals surface area contributed by atoms with Gasteiger partial charge in [0.1, 0.15) is 11.4 Å². The summed E-state index contributed by atoms with van der Waals surface area (Å²) in [4.78, 5) is 11.7. The number of nitrogens with zero attached hydrogens (tertiary/aromatic N) is 1. The highest BCUT2D eigenvalue weighted by Gasteiger charge is 2.22. The lowest BCUT2D eigenvalue weighted by atomic mass is 10.0. The van der Waals surface area contributed by atoms with Gasteiger partial charge in [-0.05, 0) is 75.9 Å². The Hall–Kier alpha value is -3.34. The summed E-state index contributed by atoms with van der Waals surface area (Å²) in [6, 6.07) is 13.6. The van der Waals surface area contributed by atoms with Crippen LogP contribution in [0.3, 0.4) is 0 Å². The molecule has 0 amide bonds. The monoisotopic (exact) mass is 389 g/mol. The topological polar surface area (TPSA) is 67.2 Å². The third kappa shape index (κ3) is 4.24. The van der Waals surface area contributed by atoms with Crippen LogP contribution in [0.1, 0.15) is 33.4 Å². The molecule has 0 heterocycles. The molecule has 0 aliphatic carbocycles. The molecule has 0 unspecified atom stereocenters. The zero-order valence-electron chi connectivity index (χ0n) is 17.8. The number of hydrogen-bond acceptors (Lipinski definition) is 4. The maximum absolute atomic E-state index is 12.0. The minimum absolute atomic E-state index is 0.0336. The Balaban J connectivity index is 2.07. The molecule has 0 aliphatic heterocycles. The van der Waals surface area contributed by atoms with Gasteiger partial charge in [0.15, 0.2) is 0 Å². The molecule has 150 valence electrons. The Labute approximate surface area is 171 Å². The number of nitro benzene ring substituents is 1. The summed E-state index contributed by atoms with van der Waals surface area (Å²) >= 11 is 0. The largest absolute Gasteiger partial charge is 0.349 e. The molecule has 5 nitrogen and oxygen atoms in total. The molecule has 0 bridgehead atoms. The van der Waals surface area contributed by atoms with Crippen molar-refractivity contribution in [3.8, 4) is 0 Å². The van der Waals surface area contributed by atoms with Gasteiger partial charge in [0.25, 0.3) is 0 Å². The van der Waals surface area contributed by atoms with Gasteiger partial charge in [0.2, 0.25) is 0 Å². The van der Waals surface area contributed by atoms with Gasteiger partial charge < -0.3 is 10.6 Å². The lowest BCUT2D eigenvalue weighted by Gasteiger charge is -2.17. The number of benzene rings is 3. The number of nitro groups is 1. The van der Waals surface area contributed by atoms with E-state index in [0.717, 1.165) is 33.6 Å². The van der Waals surface area contributed by atoms with Crippen molar-refractivity contribution < 1.29 is 4.92 Å². The molecule has 29 heavy (non-hydrogen) atoms. The molecule has 2 N–H and O–H groups in total. The second kappa shape index (κ2) is 7.95. The predicted molar refractivity (Wildman–Crippen MR) is 121 cm³/mol. The van der Waals surface area contributed by atoms with E-state index in [-0.39, 0.29) is 10.6 Å². The van der Waals surface area contributed by atoms with E-state index in [1.54, 1.807) is 12.1 Å². The summed E-state index contributed by atoms with van der Waals surface area (Å²) in [6.07, 6.45) is 0. The van der Waals surface area contributed by atoms with Gasteiger partial charge in [0.05, 0.1) is 4.92 Å². The quantitative estimate of drug-likeness (QED) is 0.367. The fraction of sp³-hybridized carbons (Fsp3) is 0.250. The molecule has 3 aromatic rings.